The van der Waals surface area contributed by atoms with E-state index in [9.17, 15) is 4.79 Å². The summed E-state index contributed by atoms with van der Waals surface area (Å²) >= 11 is 4.65. The SMILES string of the molecule is COc1ccc2oc(=O)c(C(C)=NNC(N)=S)cc2c1. The van der Waals surface area contributed by atoms with Gasteiger partial charge in [0.1, 0.15) is 11.3 Å². The number of rotatable bonds is 3. The first kappa shape index (κ1) is 14.0. The average Bonchev–Trinajstić information content (AvgIpc) is 2.43. The number of benzene rings is 1. The lowest BCUT2D eigenvalue weighted by atomic mass is 10.1. The molecule has 0 aliphatic heterocycles. The molecule has 6 nitrogen and oxygen atoms in total. The van der Waals surface area contributed by atoms with Gasteiger partial charge in [0, 0.05) is 5.39 Å². The zero-order valence-corrected chi connectivity index (χ0v) is 11.8. The van der Waals surface area contributed by atoms with Gasteiger partial charge in [0.2, 0.25) is 0 Å². The number of methoxy groups -OCH3 is 1. The molecule has 104 valence electrons. The van der Waals surface area contributed by atoms with Gasteiger partial charge in [-0.1, -0.05) is 0 Å². The molecule has 0 amide bonds. The highest BCUT2D eigenvalue weighted by molar-refractivity contribution is 7.80. The molecule has 0 bridgehead atoms. The van der Waals surface area contributed by atoms with Crippen molar-refractivity contribution in [1.82, 2.24) is 5.43 Å². The third kappa shape index (κ3) is 2.94. The normalized spacial score (nSPS) is 11.4. The minimum atomic E-state index is -0.478. The summed E-state index contributed by atoms with van der Waals surface area (Å²) in [5, 5.41) is 4.68. The highest BCUT2D eigenvalue weighted by atomic mass is 32.1. The van der Waals surface area contributed by atoms with Crippen LogP contribution in [0.25, 0.3) is 11.0 Å². The molecular formula is C13H13N3O3S. The maximum atomic E-state index is 11.9. The fourth-order valence-electron chi connectivity index (χ4n) is 1.68. The second kappa shape index (κ2) is 5.70. The number of nitrogens with one attached hydrogen (secondary N) is 1. The molecule has 7 heteroatoms. The summed E-state index contributed by atoms with van der Waals surface area (Å²) in [5.41, 5.74) is 8.47. The summed E-state index contributed by atoms with van der Waals surface area (Å²) in [5.74, 6) is 0.674. The molecule has 0 saturated heterocycles. The van der Waals surface area contributed by atoms with E-state index in [-0.39, 0.29) is 5.11 Å². The smallest absolute Gasteiger partial charge is 0.345 e. The molecule has 20 heavy (non-hydrogen) atoms. The molecule has 0 aliphatic carbocycles. The van der Waals surface area contributed by atoms with Crippen molar-refractivity contribution in [3.05, 3.63) is 40.2 Å². The van der Waals surface area contributed by atoms with Crippen LogP contribution in [-0.4, -0.2) is 17.9 Å². The monoisotopic (exact) mass is 291 g/mol. The topological polar surface area (TPSA) is 89.8 Å². The van der Waals surface area contributed by atoms with Gasteiger partial charge in [-0.2, -0.15) is 5.10 Å². The van der Waals surface area contributed by atoms with Crippen LogP contribution in [0.3, 0.4) is 0 Å². The first-order valence-corrected chi connectivity index (χ1v) is 6.14. The molecular weight excluding hydrogens is 278 g/mol. The Morgan fingerprint density at radius 3 is 2.85 bits per heavy atom. The van der Waals surface area contributed by atoms with E-state index in [2.05, 4.69) is 22.7 Å². The molecule has 1 heterocycles. The number of nitrogens with two attached hydrogens (primary N) is 1. The van der Waals surface area contributed by atoms with Gasteiger partial charge in [-0.15, -0.1) is 0 Å². The van der Waals surface area contributed by atoms with Gasteiger partial charge in [0.15, 0.2) is 5.11 Å². The molecule has 2 aromatic rings. The number of nitrogens with zero attached hydrogens (tertiary/aromatic N) is 1. The summed E-state index contributed by atoms with van der Waals surface area (Å²) in [6, 6.07) is 6.86. The van der Waals surface area contributed by atoms with Crippen LogP contribution in [0.4, 0.5) is 0 Å². The Balaban J connectivity index is 2.53. The van der Waals surface area contributed by atoms with E-state index in [1.165, 1.54) is 0 Å². The standard InChI is InChI=1S/C13H13N3O3S/c1-7(15-16-13(14)20)10-6-8-5-9(18-2)3-4-11(8)19-12(10)17/h3-6H,1-2H3,(H3,14,16,20). The zero-order chi connectivity index (χ0) is 14.7. The van der Waals surface area contributed by atoms with Crippen molar-refractivity contribution < 1.29 is 9.15 Å². The van der Waals surface area contributed by atoms with Crippen LogP contribution in [0.5, 0.6) is 5.75 Å². The predicted octanol–water partition coefficient (Wildman–Crippen LogP) is 1.36. The number of hydrogen-bond donors (Lipinski definition) is 2. The zero-order valence-electron chi connectivity index (χ0n) is 11.0. The van der Waals surface area contributed by atoms with Crippen LogP contribution in [0.1, 0.15) is 12.5 Å². The lowest BCUT2D eigenvalue weighted by Crippen LogP contribution is -2.26. The number of hydrazone groups is 1. The number of hydrogen-bond acceptors (Lipinski definition) is 5. The van der Waals surface area contributed by atoms with E-state index < -0.39 is 5.63 Å². The lowest BCUT2D eigenvalue weighted by molar-refractivity contribution is 0.415. The number of ether oxygens (including phenoxy) is 1. The largest absolute Gasteiger partial charge is 0.497 e. The third-order valence-corrected chi connectivity index (χ3v) is 2.75. The Bertz CT molecular complexity index is 752. The molecule has 0 unspecified atom stereocenters. The molecule has 0 saturated carbocycles. The Morgan fingerprint density at radius 2 is 2.20 bits per heavy atom. The molecule has 0 atom stereocenters. The van der Waals surface area contributed by atoms with Crippen molar-refractivity contribution in [2.45, 2.75) is 6.92 Å². The van der Waals surface area contributed by atoms with Crippen LogP contribution >= 0.6 is 12.2 Å². The Kier molecular flexibility index (Phi) is 3.99. The highest BCUT2D eigenvalue weighted by Gasteiger charge is 2.09. The van der Waals surface area contributed by atoms with Gasteiger partial charge in [-0.05, 0) is 43.4 Å². The van der Waals surface area contributed by atoms with Crippen molar-refractivity contribution in [1.29, 1.82) is 0 Å². The fraction of sp³-hybridized carbons (Fsp3) is 0.154. The molecule has 3 N–H and O–H groups in total. The first-order chi connectivity index (χ1) is 9.51. The quantitative estimate of drug-likeness (QED) is 0.384. The number of thiocarbonyl (C=S) groups is 1. The lowest BCUT2D eigenvalue weighted by Gasteiger charge is -2.04. The van der Waals surface area contributed by atoms with Crippen LogP contribution in [-0.2, 0) is 0 Å². The van der Waals surface area contributed by atoms with Gasteiger partial charge < -0.3 is 14.9 Å². The van der Waals surface area contributed by atoms with Gasteiger partial charge in [-0.25, -0.2) is 4.79 Å². The van der Waals surface area contributed by atoms with E-state index in [1.54, 1.807) is 38.3 Å². The summed E-state index contributed by atoms with van der Waals surface area (Å²) in [7, 11) is 1.57. The summed E-state index contributed by atoms with van der Waals surface area (Å²) < 4.78 is 10.4. The predicted molar refractivity (Wildman–Crippen MR) is 81.2 cm³/mol. The summed E-state index contributed by atoms with van der Waals surface area (Å²) in [6.07, 6.45) is 0. The molecule has 0 spiro atoms. The second-order valence-electron chi connectivity index (χ2n) is 4.02. The summed E-state index contributed by atoms with van der Waals surface area (Å²) in [4.78, 5) is 11.9. The minimum absolute atomic E-state index is 0.0243. The van der Waals surface area contributed by atoms with Crippen molar-refractivity contribution in [2.75, 3.05) is 7.11 Å². The van der Waals surface area contributed by atoms with Gasteiger partial charge >= 0.3 is 5.63 Å². The van der Waals surface area contributed by atoms with Crippen molar-refractivity contribution in [3.8, 4) is 5.75 Å². The average molecular weight is 291 g/mol. The molecule has 2 rings (SSSR count). The Hall–Kier alpha value is -2.41. The molecule has 0 fully saturated rings. The maximum absolute atomic E-state index is 11.9. The highest BCUT2D eigenvalue weighted by Crippen LogP contribution is 2.20. The first-order valence-electron chi connectivity index (χ1n) is 5.73. The van der Waals surface area contributed by atoms with Crippen LogP contribution in [0, 0.1) is 0 Å². The summed E-state index contributed by atoms with van der Waals surface area (Å²) in [6.45, 7) is 1.66. The second-order valence-corrected chi connectivity index (χ2v) is 4.46. The molecule has 1 aromatic carbocycles. The Morgan fingerprint density at radius 1 is 1.45 bits per heavy atom. The van der Waals surface area contributed by atoms with Crippen molar-refractivity contribution >= 4 is 34.0 Å². The van der Waals surface area contributed by atoms with E-state index >= 15 is 0 Å². The fourth-order valence-corrected chi connectivity index (χ4v) is 1.73. The minimum Gasteiger partial charge on any atom is -0.497 e. The molecule has 0 aliphatic rings. The van der Waals surface area contributed by atoms with E-state index in [0.29, 0.717) is 22.6 Å². The molecule has 0 radical (unpaired) electrons. The van der Waals surface area contributed by atoms with E-state index in [4.69, 9.17) is 14.9 Å². The van der Waals surface area contributed by atoms with Crippen LogP contribution in [0.2, 0.25) is 0 Å². The van der Waals surface area contributed by atoms with Gasteiger partial charge in [0.05, 0.1) is 18.4 Å². The van der Waals surface area contributed by atoms with E-state index in [0.717, 1.165) is 5.39 Å². The van der Waals surface area contributed by atoms with Crippen molar-refractivity contribution in [3.63, 3.8) is 0 Å². The van der Waals surface area contributed by atoms with Gasteiger partial charge in [0.25, 0.3) is 0 Å². The van der Waals surface area contributed by atoms with Crippen LogP contribution < -0.4 is 21.5 Å². The Labute approximate surface area is 120 Å². The van der Waals surface area contributed by atoms with Gasteiger partial charge in [-0.3, -0.25) is 5.43 Å². The number of fused-ring (bicyclic) bond motifs is 1. The molecule has 1 aromatic heterocycles. The van der Waals surface area contributed by atoms with Crippen molar-refractivity contribution in [2.24, 2.45) is 10.8 Å². The van der Waals surface area contributed by atoms with Crippen LogP contribution in [0.15, 0.2) is 38.6 Å². The maximum Gasteiger partial charge on any atom is 0.345 e. The van der Waals surface area contributed by atoms with E-state index in [1.807, 2.05) is 0 Å². The third-order valence-electron chi connectivity index (χ3n) is 2.66.